The molecule has 0 aromatic carbocycles. The number of rotatable bonds is 44. The number of carboxylic acids is 1. The first-order valence-corrected chi connectivity index (χ1v) is 24.2. The maximum Gasteiger partial charge on any atom is 0.328 e. The molecule has 0 rings (SSSR count). The highest BCUT2D eigenvalue weighted by Crippen LogP contribution is 2.18. The molecule has 0 radical (unpaired) electrons. The van der Waals surface area contributed by atoms with E-state index in [2.05, 4.69) is 48.8 Å². The Hall–Kier alpha value is -2.68. The molecule has 9 heteroatoms. The van der Waals surface area contributed by atoms with Gasteiger partial charge in [-0.15, -0.1) is 0 Å². The average Bonchev–Trinajstić information content (AvgIpc) is 3.21. The Bertz CT molecular complexity index is 1030. The molecule has 0 bridgehead atoms. The van der Waals surface area contributed by atoms with Crippen molar-refractivity contribution in [1.82, 2.24) is 10.6 Å². The molecule has 0 aliphatic heterocycles. The molecule has 0 aromatic rings. The summed E-state index contributed by atoms with van der Waals surface area (Å²) >= 11 is 0. The topological polar surface area (TPSA) is 142 Å². The molecule has 0 fully saturated rings. The van der Waals surface area contributed by atoms with Gasteiger partial charge < -0.3 is 25.6 Å². The molecule has 0 heterocycles. The van der Waals surface area contributed by atoms with Crippen LogP contribution in [0, 0.1) is 0 Å². The SMILES string of the molecule is CCCCCCCC/C=C\CCCCCCCCCCCC(=O)OC(CCC/C=C\CCCCCCCC)CCCCCCCC(=O)NCC(=O)NC(CO)C(=O)O. The third-order valence-corrected chi connectivity index (χ3v) is 10.9. The maximum absolute atomic E-state index is 12.8. The molecule has 2 amide bonds. The predicted molar refractivity (Wildman–Crippen MR) is 241 cm³/mol. The summed E-state index contributed by atoms with van der Waals surface area (Å²) in [6, 6.07) is -1.38. The fourth-order valence-corrected chi connectivity index (χ4v) is 7.18. The van der Waals surface area contributed by atoms with Gasteiger partial charge in [-0.2, -0.15) is 0 Å². The van der Waals surface area contributed by atoms with Gasteiger partial charge in [-0.3, -0.25) is 14.4 Å². The molecule has 2 unspecified atom stereocenters. The van der Waals surface area contributed by atoms with Crippen LogP contribution in [0.5, 0.6) is 0 Å². The Labute approximate surface area is 355 Å². The van der Waals surface area contributed by atoms with E-state index < -0.39 is 24.5 Å². The van der Waals surface area contributed by atoms with E-state index in [-0.39, 0.29) is 24.5 Å². The number of hydrogen-bond donors (Lipinski definition) is 4. The monoisotopic (exact) mass is 819 g/mol. The van der Waals surface area contributed by atoms with Crippen LogP contribution in [0.1, 0.15) is 239 Å². The van der Waals surface area contributed by atoms with Gasteiger partial charge in [0, 0.05) is 12.8 Å². The van der Waals surface area contributed by atoms with Crippen molar-refractivity contribution in [1.29, 1.82) is 0 Å². The summed E-state index contributed by atoms with van der Waals surface area (Å²) in [5, 5.41) is 22.6. The molecular formula is C49H90N2O7. The van der Waals surface area contributed by atoms with Gasteiger partial charge >= 0.3 is 11.9 Å². The number of carbonyl (C=O) groups excluding carboxylic acids is 3. The molecule has 0 aliphatic rings. The highest BCUT2D eigenvalue weighted by Gasteiger charge is 2.19. The fraction of sp³-hybridized carbons (Fsp3) is 0.837. The van der Waals surface area contributed by atoms with Gasteiger partial charge in [-0.05, 0) is 83.5 Å². The summed E-state index contributed by atoms with van der Waals surface area (Å²) in [6.07, 6.45) is 49.3. The molecule has 2 atom stereocenters. The first-order chi connectivity index (χ1) is 28.3. The minimum atomic E-state index is -1.38. The Morgan fingerprint density at radius 3 is 1.36 bits per heavy atom. The van der Waals surface area contributed by atoms with Gasteiger partial charge in [-0.1, -0.05) is 167 Å². The van der Waals surface area contributed by atoms with Gasteiger partial charge in [0.1, 0.15) is 12.1 Å². The molecule has 0 aliphatic carbocycles. The average molecular weight is 819 g/mol. The molecule has 4 N–H and O–H groups in total. The summed E-state index contributed by atoms with van der Waals surface area (Å²) in [5.74, 6) is -2.30. The van der Waals surface area contributed by atoms with Crippen molar-refractivity contribution in [3.8, 4) is 0 Å². The molecule has 0 saturated heterocycles. The van der Waals surface area contributed by atoms with Crippen LogP contribution in [0.15, 0.2) is 24.3 Å². The Balaban J connectivity index is 4.25. The van der Waals surface area contributed by atoms with Crippen molar-refractivity contribution in [2.75, 3.05) is 13.2 Å². The number of aliphatic hydroxyl groups excluding tert-OH is 1. The van der Waals surface area contributed by atoms with Crippen molar-refractivity contribution in [2.45, 2.75) is 251 Å². The van der Waals surface area contributed by atoms with Gasteiger partial charge in [0.25, 0.3) is 0 Å². The second-order valence-corrected chi connectivity index (χ2v) is 16.5. The van der Waals surface area contributed by atoms with Crippen molar-refractivity contribution in [2.24, 2.45) is 0 Å². The third-order valence-electron chi connectivity index (χ3n) is 10.9. The predicted octanol–water partition coefficient (Wildman–Crippen LogP) is 12.4. The molecule has 338 valence electrons. The first kappa shape index (κ1) is 55.3. The second kappa shape index (κ2) is 43.9. The Morgan fingerprint density at radius 1 is 0.500 bits per heavy atom. The van der Waals surface area contributed by atoms with E-state index in [4.69, 9.17) is 14.9 Å². The van der Waals surface area contributed by atoms with Crippen LogP contribution in [-0.2, 0) is 23.9 Å². The van der Waals surface area contributed by atoms with Crippen LogP contribution in [-0.4, -0.2) is 59.3 Å². The van der Waals surface area contributed by atoms with Gasteiger partial charge in [0.2, 0.25) is 11.8 Å². The summed E-state index contributed by atoms with van der Waals surface area (Å²) in [7, 11) is 0. The quantitative estimate of drug-likeness (QED) is 0.0272. The van der Waals surface area contributed by atoms with E-state index in [1.54, 1.807) is 0 Å². The Kier molecular flexibility index (Phi) is 41.9. The molecule has 58 heavy (non-hydrogen) atoms. The van der Waals surface area contributed by atoms with Crippen LogP contribution in [0.2, 0.25) is 0 Å². The lowest BCUT2D eigenvalue weighted by Gasteiger charge is -2.18. The molecule has 0 saturated carbocycles. The van der Waals surface area contributed by atoms with Crippen LogP contribution in [0.4, 0.5) is 0 Å². The van der Waals surface area contributed by atoms with Gasteiger partial charge in [0.05, 0.1) is 13.2 Å². The van der Waals surface area contributed by atoms with Crippen molar-refractivity contribution in [3.05, 3.63) is 24.3 Å². The minimum Gasteiger partial charge on any atom is -0.480 e. The third kappa shape index (κ3) is 40.1. The highest BCUT2D eigenvalue weighted by atomic mass is 16.5. The van der Waals surface area contributed by atoms with E-state index in [1.165, 1.54) is 135 Å². The standard InChI is InChI=1S/C49H90N2O7/c1-3-5-7-9-11-13-15-16-17-18-19-20-21-22-24-26-28-33-37-41-48(55)58-44(38-34-30-27-25-23-14-12-10-8-6-4-2)39-35-31-29-32-36-40-46(53)50-42-47(54)51-45(43-52)49(56)57/h16-17,25,27,44-45,52H,3-15,18-24,26,28-43H2,1-2H3,(H,50,53)(H,51,54)(H,56,57)/b17-16-,27-25-. The number of carbonyl (C=O) groups is 4. The minimum absolute atomic E-state index is 0.0428. The number of amides is 2. The number of nitrogens with one attached hydrogen (secondary N) is 2. The number of aliphatic carboxylic acids is 1. The summed E-state index contributed by atoms with van der Waals surface area (Å²) in [4.78, 5) is 47.7. The molecule has 9 nitrogen and oxygen atoms in total. The number of hydrogen-bond acceptors (Lipinski definition) is 6. The van der Waals surface area contributed by atoms with E-state index in [1.807, 2.05) is 0 Å². The zero-order valence-corrected chi connectivity index (χ0v) is 37.6. The molecular weight excluding hydrogens is 729 g/mol. The fourth-order valence-electron chi connectivity index (χ4n) is 7.18. The Morgan fingerprint density at radius 2 is 0.897 bits per heavy atom. The number of aliphatic hydroxyl groups is 1. The van der Waals surface area contributed by atoms with Crippen LogP contribution in [0.3, 0.4) is 0 Å². The zero-order valence-electron chi connectivity index (χ0n) is 37.6. The number of carboxylic acid groups (broad SMARTS) is 1. The van der Waals surface area contributed by atoms with E-state index in [0.717, 1.165) is 70.6 Å². The van der Waals surface area contributed by atoms with Gasteiger partial charge in [-0.25, -0.2) is 4.79 Å². The summed E-state index contributed by atoms with van der Waals surface area (Å²) < 4.78 is 6.03. The lowest BCUT2D eigenvalue weighted by atomic mass is 10.0. The van der Waals surface area contributed by atoms with E-state index in [0.29, 0.717) is 19.3 Å². The summed E-state index contributed by atoms with van der Waals surface area (Å²) in [5.41, 5.74) is 0. The van der Waals surface area contributed by atoms with Gasteiger partial charge in [0.15, 0.2) is 0 Å². The molecule has 0 aromatic heterocycles. The number of unbranched alkanes of at least 4 members (excludes halogenated alkanes) is 26. The molecule has 0 spiro atoms. The number of allylic oxidation sites excluding steroid dienone is 4. The van der Waals surface area contributed by atoms with Crippen LogP contribution >= 0.6 is 0 Å². The lowest BCUT2D eigenvalue weighted by Crippen LogP contribution is -2.47. The van der Waals surface area contributed by atoms with E-state index in [9.17, 15) is 19.2 Å². The number of ether oxygens (including phenoxy) is 1. The first-order valence-electron chi connectivity index (χ1n) is 24.2. The lowest BCUT2D eigenvalue weighted by molar-refractivity contribution is -0.150. The van der Waals surface area contributed by atoms with E-state index >= 15 is 0 Å². The van der Waals surface area contributed by atoms with Crippen molar-refractivity contribution >= 4 is 23.8 Å². The van der Waals surface area contributed by atoms with Crippen LogP contribution in [0.25, 0.3) is 0 Å². The van der Waals surface area contributed by atoms with Crippen LogP contribution < -0.4 is 10.6 Å². The maximum atomic E-state index is 12.8. The summed E-state index contributed by atoms with van der Waals surface area (Å²) in [6.45, 7) is 3.48. The largest absolute Gasteiger partial charge is 0.480 e. The smallest absolute Gasteiger partial charge is 0.328 e. The zero-order chi connectivity index (χ0) is 42.6. The normalized spacial score (nSPS) is 12.6. The second-order valence-electron chi connectivity index (χ2n) is 16.5. The van der Waals surface area contributed by atoms with Crippen molar-refractivity contribution in [3.63, 3.8) is 0 Å². The highest BCUT2D eigenvalue weighted by molar-refractivity contribution is 5.87. The van der Waals surface area contributed by atoms with Crippen molar-refractivity contribution < 1.29 is 34.1 Å². The number of esters is 1.